The molecule has 0 heterocycles. The van der Waals surface area contributed by atoms with Gasteiger partial charge in [-0.1, -0.05) is 40.9 Å². The minimum atomic E-state index is -0.674. The molecule has 1 amide bonds. The van der Waals surface area contributed by atoms with Gasteiger partial charge in [-0.3, -0.25) is 4.79 Å². The number of aryl methyl sites for hydroxylation is 1. The van der Waals surface area contributed by atoms with Gasteiger partial charge in [0.25, 0.3) is 5.91 Å². The quantitative estimate of drug-likeness (QED) is 0.789. The van der Waals surface area contributed by atoms with Crippen molar-refractivity contribution in [2.45, 2.75) is 6.92 Å². The van der Waals surface area contributed by atoms with Crippen molar-refractivity contribution < 1.29 is 9.18 Å². The Bertz CT molecular complexity index is 688. The SMILES string of the molecule is Cc1ccc(Cl)c(NC(=O)c2cc(Cl)ccc2F)c1Cl. The van der Waals surface area contributed by atoms with Gasteiger partial charge in [0.05, 0.1) is 21.3 Å². The van der Waals surface area contributed by atoms with Gasteiger partial charge in [-0.2, -0.15) is 0 Å². The van der Waals surface area contributed by atoms with E-state index < -0.39 is 11.7 Å². The van der Waals surface area contributed by atoms with Crippen LogP contribution in [0.2, 0.25) is 15.1 Å². The molecule has 0 aromatic heterocycles. The fraction of sp³-hybridized carbons (Fsp3) is 0.0714. The minimum Gasteiger partial charge on any atom is -0.319 e. The highest BCUT2D eigenvalue weighted by atomic mass is 35.5. The molecule has 6 heteroatoms. The summed E-state index contributed by atoms with van der Waals surface area (Å²) in [6, 6.07) is 7.05. The summed E-state index contributed by atoms with van der Waals surface area (Å²) in [7, 11) is 0. The predicted octanol–water partition coefficient (Wildman–Crippen LogP) is 5.35. The molecule has 0 unspecified atom stereocenters. The molecule has 0 atom stereocenters. The van der Waals surface area contributed by atoms with Gasteiger partial charge in [0, 0.05) is 5.02 Å². The van der Waals surface area contributed by atoms with E-state index in [1.165, 1.54) is 12.1 Å². The Morgan fingerprint density at radius 3 is 2.55 bits per heavy atom. The number of hydrogen-bond acceptors (Lipinski definition) is 1. The van der Waals surface area contributed by atoms with Crippen LogP contribution >= 0.6 is 34.8 Å². The zero-order valence-corrected chi connectivity index (χ0v) is 12.6. The third-order valence-corrected chi connectivity index (χ3v) is 3.73. The number of halogens is 4. The molecule has 2 aromatic rings. The van der Waals surface area contributed by atoms with Gasteiger partial charge in [0.2, 0.25) is 0 Å². The predicted molar refractivity (Wildman–Crippen MR) is 80.6 cm³/mol. The van der Waals surface area contributed by atoms with Crippen LogP contribution in [-0.4, -0.2) is 5.91 Å². The van der Waals surface area contributed by atoms with Gasteiger partial charge >= 0.3 is 0 Å². The highest BCUT2D eigenvalue weighted by Crippen LogP contribution is 2.33. The van der Waals surface area contributed by atoms with Crippen LogP contribution in [0, 0.1) is 12.7 Å². The first-order valence-electron chi connectivity index (χ1n) is 5.61. The molecule has 2 nitrogen and oxygen atoms in total. The molecule has 0 aliphatic rings. The molecule has 104 valence electrons. The second kappa shape index (κ2) is 6.00. The summed E-state index contributed by atoms with van der Waals surface area (Å²) < 4.78 is 13.6. The fourth-order valence-electron chi connectivity index (χ4n) is 1.62. The third kappa shape index (κ3) is 3.06. The zero-order chi connectivity index (χ0) is 14.9. The van der Waals surface area contributed by atoms with Crippen molar-refractivity contribution in [3.63, 3.8) is 0 Å². The van der Waals surface area contributed by atoms with Crippen molar-refractivity contribution in [2.75, 3.05) is 5.32 Å². The summed E-state index contributed by atoms with van der Waals surface area (Å²) in [5.41, 5.74) is 0.821. The van der Waals surface area contributed by atoms with Crippen molar-refractivity contribution in [2.24, 2.45) is 0 Å². The number of carbonyl (C=O) groups is 1. The first-order valence-corrected chi connectivity index (χ1v) is 6.74. The van der Waals surface area contributed by atoms with E-state index in [9.17, 15) is 9.18 Å². The standard InChI is InChI=1S/C14H9Cl3FNO/c1-7-2-4-10(16)13(12(7)17)19-14(20)9-6-8(15)3-5-11(9)18/h2-6H,1H3,(H,19,20). The molecule has 0 bridgehead atoms. The normalized spacial score (nSPS) is 10.4. The van der Waals surface area contributed by atoms with Crippen molar-refractivity contribution in [3.05, 3.63) is 62.3 Å². The monoisotopic (exact) mass is 331 g/mol. The first kappa shape index (κ1) is 15.1. The van der Waals surface area contributed by atoms with Crippen molar-refractivity contribution >= 4 is 46.4 Å². The molecule has 0 aliphatic heterocycles. The van der Waals surface area contributed by atoms with Crippen LogP contribution in [0.3, 0.4) is 0 Å². The Kier molecular flexibility index (Phi) is 4.53. The average Bonchev–Trinajstić information content (AvgIpc) is 2.41. The number of carbonyl (C=O) groups excluding carboxylic acids is 1. The van der Waals surface area contributed by atoms with Crippen molar-refractivity contribution in [1.29, 1.82) is 0 Å². The van der Waals surface area contributed by atoms with Crippen LogP contribution in [0.4, 0.5) is 10.1 Å². The van der Waals surface area contributed by atoms with Gasteiger partial charge in [0.1, 0.15) is 5.82 Å². The maximum absolute atomic E-state index is 13.6. The van der Waals surface area contributed by atoms with E-state index in [0.29, 0.717) is 5.02 Å². The van der Waals surface area contributed by atoms with E-state index in [1.54, 1.807) is 19.1 Å². The third-order valence-electron chi connectivity index (χ3n) is 2.70. The van der Waals surface area contributed by atoms with Crippen LogP contribution in [-0.2, 0) is 0 Å². The van der Waals surface area contributed by atoms with E-state index in [2.05, 4.69) is 5.32 Å². The molecule has 20 heavy (non-hydrogen) atoms. The molecule has 0 saturated heterocycles. The Hall–Kier alpha value is -1.29. The zero-order valence-electron chi connectivity index (χ0n) is 10.3. The molecular formula is C14H9Cl3FNO. The van der Waals surface area contributed by atoms with Crippen molar-refractivity contribution in [3.8, 4) is 0 Å². The lowest BCUT2D eigenvalue weighted by atomic mass is 10.1. The molecule has 0 spiro atoms. The first-order chi connectivity index (χ1) is 9.40. The van der Waals surface area contributed by atoms with Crippen LogP contribution in [0.5, 0.6) is 0 Å². The lowest BCUT2D eigenvalue weighted by molar-refractivity contribution is 0.102. The van der Waals surface area contributed by atoms with Gasteiger partial charge in [0.15, 0.2) is 0 Å². The maximum atomic E-state index is 13.6. The lowest BCUT2D eigenvalue weighted by Crippen LogP contribution is -2.14. The summed E-state index contributed by atoms with van der Waals surface area (Å²) in [6.45, 7) is 1.77. The minimum absolute atomic E-state index is 0.175. The Labute approximate surface area is 130 Å². The maximum Gasteiger partial charge on any atom is 0.258 e. The molecule has 2 rings (SSSR count). The smallest absolute Gasteiger partial charge is 0.258 e. The van der Waals surface area contributed by atoms with Gasteiger partial charge in [-0.15, -0.1) is 0 Å². The average molecular weight is 333 g/mol. The molecule has 0 fully saturated rings. The van der Waals surface area contributed by atoms with Gasteiger partial charge < -0.3 is 5.32 Å². The highest BCUT2D eigenvalue weighted by Gasteiger charge is 2.16. The van der Waals surface area contributed by atoms with Gasteiger partial charge in [-0.25, -0.2) is 4.39 Å². The Balaban J connectivity index is 2.38. The summed E-state index contributed by atoms with van der Waals surface area (Å²) in [5, 5.41) is 3.35. The lowest BCUT2D eigenvalue weighted by Gasteiger charge is -2.11. The summed E-state index contributed by atoms with van der Waals surface area (Å²) in [5.74, 6) is -1.34. The summed E-state index contributed by atoms with van der Waals surface area (Å²) in [4.78, 5) is 12.1. The Morgan fingerprint density at radius 1 is 1.15 bits per heavy atom. The van der Waals surface area contributed by atoms with E-state index in [0.717, 1.165) is 11.6 Å². The number of rotatable bonds is 2. The van der Waals surface area contributed by atoms with Crippen LogP contribution in [0.1, 0.15) is 15.9 Å². The summed E-state index contributed by atoms with van der Waals surface area (Å²) >= 11 is 17.8. The van der Waals surface area contributed by atoms with Crippen LogP contribution in [0.15, 0.2) is 30.3 Å². The second-order valence-electron chi connectivity index (χ2n) is 4.13. The molecule has 1 N–H and O–H groups in total. The molecule has 0 saturated carbocycles. The molecule has 0 aliphatic carbocycles. The molecule has 0 radical (unpaired) electrons. The van der Waals surface area contributed by atoms with E-state index in [4.69, 9.17) is 34.8 Å². The number of anilines is 1. The van der Waals surface area contributed by atoms with Crippen LogP contribution in [0.25, 0.3) is 0 Å². The van der Waals surface area contributed by atoms with E-state index >= 15 is 0 Å². The van der Waals surface area contributed by atoms with Crippen molar-refractivity contribution in [1.82, 2.24) is 0 Å². The van der Waals surface area contributed by atoms with E-state index in [1.807, 2.05) is 0 Å². The highest BCUT2D eigenvalue weighted by molar-refractivity contribution is 6.40. The number of nitrogens with one attached hydrogen (secondary N) is 1. The molecular weight excluding hydrogens is 324 g/mol. The number of hydrogen-bond donors (Lipinski definition) is 1. The van der Waals surface area contributed by atoms with Crippen LogP contribution < -0.4 is 5.32 Å². The number of amides is 1. The summed E-state index contributed by atoms with van der Waals surface area (Å²) in [6.07, 6.45) is 0. The topological polar surface area (TPSA) is 29.1 Å². The largest absolute Gasteiger partial charge is 0.319 e. The Morgan fingerprint density at radius 2 is 1.85 bits per heavy atom. The van der Waals surface area contributed by atoms with Gasteiger partial charge in [-0.05, 0) is 36.8 Å². The molecule has 2 aromatic carbocycles. The fourth-order valence-corrected chi connectivity index (χ4v) is 2.26. The number of benzene rings is 2. The second-order valence-corrected chi connectivity index (χ2v) is 5.35. The van der Waals surface area contributed by atoms with E-state index in [-0.39, 0.29) is 21.3 Å².